The van der Waals surface area contributed by atoms with Gasteiger partial charge in [0, 0.05) is 10.0 Å². The first-order valence-corrected chi connectivity index (χ1v) is 6.92. The first-order valence-electron chi connectivity index (χ1n) is 5.75. The Kier molecular flexibility index (Phi) is 4.61. The molecule has 2 rings (SSSR count). The normalized spacial score (nSPS) is 10.3. The van der Waals surface area contributed by atoms with Gasteiger partial charge in [-0.05, 0) is 24.6 Å². The van der Waals surface area contributed by atoms with Crippen molar-refractivity contribution < 1.29 is 4.74 Å². The molecule has 1 heterocycles. The van der Waals surface area contributed by atoms with Gasteiger partial charge in [-0.3, -0.25) is 0 Å². The third kappa shape index (κ3) is 3.16. The lowest BCUT2D eigenvalue weighted by Gasteiger charge is -2.13. The third-order valence-corrected chi connectivity index (χ3v) is 3.48. The van der Waals surface area contributed by atoms with E-state index in [9.17, 15) is 0 Å². The number of benzene rings is 1. The van der Waals surface area contributed by atoms with E-state index in [1.807, 2.05) is 25.1 Å². The van der Waals surface area contributed by atoms with Gasteiger partial charge < -0.3 is 10.1 Å². The number of nitrogens with one attached hydrogen (secondary N) is 1. The van der Waals surface area contributed by atoms with E-state index < -0.39 is 0 Å². The maximum atomic E-state index is 6.07. The van der Waals surface area contributed by atoms with Crippen molar-refractivity contribution in [1.29, 1.82) is 0 Å². The number of hydrogen-bond donors (Lipinski definition) is 1. The Hall–Kier alpha value is -1.33. The number of halogens is 2. The summed E-state index contributed by atoms with van der Waals surface area (Å²) in [4.78, 5) is 8.22. The van der Waals surface area contributed by atoms with Crippen LogP contribution >= 0.6 is 27.5 Å². The van der Waals surface area contributed by atoms with Crippen molar-refractivity contribution in [1.82, 2.24) is 9.97 Å². The fraction of sp³-hybridized carbons (Fsp3) is 0.231. The monoisotopic (exact) mass is 341 g/mol. The van der Waals surface area contributed by atoms with Crippen LogP contribution in [0, 0.1) is 0 Å². The summed E-state index contributed by atoms with van der Waals surface area (Å²) in [7, 11) is 1.63. The Labute approximate surface area is 125 Å². The molecule has 0 radical (unpaired) electrons. The van der Waals surface area contributed by atoms with Gasteiger partial charge >= 0.3 is 0 Å². The molecule has 1 aromatic carbocycles. The summed E-state index contributed by atoms with van der Waals surface area (Å²) in [5, 5.41) is 3.70. The van der Waals surface area contributed by atoms with E-state index in [1.54, 1.807) is 7.11 Å². The molecule has 1 N–H and O–H groups in total. The Morgan fingerprint density at radius 1 is 1.37 bits per heavy atom. The van der Waals surface area contributed by atoms with Crippen molar-refractivity contribution >= 4 is 39.0 Å². The number of aromatic nitrogens is 2. The van der Waals surface area contributed by atoms with Crippen LogP contribution in [0.3, 0.4) is 0 Å². The summed E-state index contributed by atoms with van der Waals surface area (Å²) in [5.74, 6) is 1.43. The number of ether oxygens (including phenoxy) is 1. The zero-order valence-corrected chi connectivity index (χ0v) is 12.9. The molecule has 0 bridgehead atoms. The Morgan fingerprint density at radius 3 is 2.84 bits per heavy atom. The minimum Gasteiger partial charge on any atom is -0.495 e. The van der Waals surface area contributed by atoms with Gasteiger partial charge in [-0.1, -0.05) is 34.5 Å². The molecule has 4 nitrogen and oxygen atoms in total. The summed E-state index contributed by atoms with van der Waals surface area (Å²) in [6.45, 7) is 2.01. The Bertz CT molecular complexity index is 592. The first kappa shape index (κ1) is 14.1. The second-order valence-corrected chi connectivity index (χ2v) is 5.09. The second kappa shape index (κ2) is 6.21. The van der Waals surface area contributed by atoms with Gasteiger partial charge in [0.2, 0.25) is 0 Å². The Morgan fingerprint density at radius 2 is 2.16 bits per heavy atom. The van der Waals surface area contributed by atoms with Crippen LogP contribution in [0.1, 0.15) is 12.5 Å². The molecule has 2 aromatic rings. The molecule has 0 fully saturated rings. The van der Waals surface area contributed by atoms with Crippen LogP contribution in [-0.2, 0) is 6.42 Å². The molecule has 19 heavy (non-hydrogen) atoms. The van der Waals surface area contributed by atoms with Crippen LogP contribution in [0.2, 0.25) is 5.15 Å². The zero-order chi connectivity index (χ0) is 13.8. The molecule has 0 saturated carbocycles. The summed E-state index contributed by atoms with van der Waals surface area (Å²) in [5.41, 5.74) is 1.70. The van der Waals surface area contributed by atoms with Crippen LogP contribution in [0.15, 0.2) is 29.0 Å². The van der Waals surface area contributed by atoms with Gasteiger partial charge in [-0.2, -0.15) is 0 Å². The molecule has 1 aromatic heterocycles. The molecule has 0 aliphatic carbocycles. The lowest BCUT2D eigenvalue weighted by molar-refractivity contribution is 0.416. The highest BCUT2D eigenvalue weighted by Crippen LogP contribution is 2.32. The van der Waals surface area contributed by atoms with E-state index in [1.165, 1.54) is 6.33 Å². The largest absolute Gasteiger partial charge is 0.495 e. The van der Waals surface area contributed by atoms with E-state index in [4.69, 9.17) is 16.3 Å². The second-order valence-electron chi connectivity index (χ2n) is 3.81. The molecule has 0 atom stereocenters. The van der Waals surface area contributed by atoms with E-state index in [0.717, 1.165) is 27.9 Å². The third-order valence-electron chi connectivity index (χ3n) is 2.66. The van der Waals surface area contributed by atoms with Crippen LogP contribution in [-0.4, -0.2) is 17.1 Å². The van der Waals surface area contributed by atoms with Crippen molar-refractivity contribution in [3.05, 3.63) is 39.7 Å². The Balaban J connectivity index is 2.41. The van der Waals surface area contributed by atoms with E-state index in [-0.39, 0.29) is 0 Å². The van der Waals surface area contributed by atoms with Gasteiger partial charge in [0.15, 0.2) is 0 Å². The van der Waals surface area contributed by atoms with Crippen molar-refractivity contribution in [2.24, 2.45) is 0 Å². The average Bonchev–Trinajstić information content (AvgIpc) is 2.39. The predicted octanol–water partition coefficient (Wildman–Crippen LogP) is 4.21. The molecule has 0 amide bonds. The highest BCUT2D eigenvalue weighted by Gasteiger charge is 2.11. The molecule has 0 unspecified atom stereocenters. The average molecular weight is 343 g/mol. The fourth-order valence-corrected chi connectivity index (χ4v) is 2.35. The van der Waals surface area contributed by atoms with Gasteiger partial charge in [-0.15, -0.1) is 0 Å². The number of hydrogen-bond acceptors (Lipinski definition) is 4. The summed E-state index contributed by atoms with van der Waals surface area (Å²) < 4.78 is 6.27. The summed E-state index contributed by atoms with van der Waals surface area (Å²) in [6, 6.07) is 5.72. The van der Waals surface area contributed by atoms with Crippen LogP contribution in [0.25, 0.3) is 0 Å². The molecule has 6 heteroatoms. The highest BCUT2D eigenvalue weighted by atomic mass is 79.9. The van der Waals surface area contributed by atoms with E-state index in [2.05, 4.69) is 31.2 Å². The summed E-state index contributed by atoms with van der Waals surface area (Å²) in [6.07, 6.45) is 2.19. The van der Waals surface area contributed by atoms with E-state index in [0.29, 0.717) is 11.0 Å². The molecule has 0 aliphatic heterocycles. The van der Waals surface area contributed by atoms with Crippen LogP contribution in [0.5, 0.6) is 5.75 Å². The molecular formula is C13H13BrClN3O. The van der Waals surface area contributed by atoms with Crippen molar-refractivity contribution in [2.75, 3.05) is 12.4 Å². The topological polar surface area (TPSA) is 47.0 Å². The maximum Gasteiger partial charge on any atom is 0.142 e. The molecule has 0 aliphatic rings. The SMILES string of the molecule is CCc1c(Cl)ncnc1Nc1cc(Br)ccc1OC. The molecule has 0 spiro atoms. The van der Waals surface area contributed by atoms with E-state index >= 15 is 0 Å². The lowest BCUT2D eigenvalue weighted by Crippen LogP contribution is -2.02. The minimum atomic E-state index is 0.467. The highest BCUT2D eigenvalue weighted by molar-refractivity contribution is 9.10. The van der Waals surface area contributed by atoms with Crippen molar-refractivity contribution in [3.63, 3.8) is 0 Å². The quantitative estimate of drug-likeness (QED) is 0.846. The van der Waals surface area contributed by atoms with Gasteiger partial charge in [0.1, 0.15) is 23.0 Å². The number of nitrogens with zero attached hydrogens (tertiary/aromatic N) is 2. The number of methoxy groups -OCH3 is 1. The number of anilines is 2. The van der Waals surface area contributed by atoms with Gasteiger partial charge in [-0.25, -0.2) is 9.97 Å². The minimum absolute atomic E-state index is 0.467. The maximum absolute atomic E-state index is 6.07. The standard InChI is InChI=1S/C13H13BrClN3O/c1-3-9-12(15)16-7-17-13(9)18-10-6-8(14)4-5-11(10)19-2/h4-7H,3H2,1-2H3,(H,16,17,18). The van der Waals surface area contributed by atoms with Crippen LogP contribution < -0.4 is 10.1 Å². The molecule has 100 valence electrons. The predicted molar refractivity (Wildman–Crippen MR) is 80.4 cm³/mol. The van der Waals surface area contributed by atoms with Crippen LogP contribution in [0.4, 0.5) is 11.5 Å². The first-order chi connectivity index (χ1) is 9.15. The fourth-order valence-electron chi connectivity index (χ4n) is 1.72. The summed E-state index contributed by atoms with van der Waals surface area (Å²) >= 11 is 9.50. The van der Waals surface area contributed by atoms with Crippen molar-refractivity contribution in [2.45, 2.75) is 13.3 Å². The smallest absolute Gasteiger partial charge is 0.142 e. The van der Waals surface area contributed by atoms with Gasteiger partial charge in [0.25, 0.3) is 0 Å². The molecular weight excluding hydrogens is 330 g/mol. The molecule has 0 saturated heterocycles. The van der Waals surface area contributed by atoms with Crippen molar-refractivity contribution in [3.8, 4) is 5.75 Å². The zero-order valence-electron chi connectivity index (χ0n) is 10.6. The lowest BCUT2D eigenvalue weighted by atomic mass is 10.2. The number of rotatable bonds is 4. The van der Waals surface area contributed by atoms with Gasteiger partial charge in [0.05, 0.1) is 12.8 Å².